The van der Waals surface area contributed by atoms with E-state index in [1.165, 1.54) is 7.11 Å². The summed E-state index contributed by atoms with van der Waals surface area (Å²) in [5.41, 5.74) is 4.45. The molecule has 6 heteroatoms. The number of nitrogens with zero attached hydrogens (tertiary/aromatic N) is 1. The lowest BCUT2D eigenvalue weighted by Crippen LogP contribution is -2.32. The minimum Gasteiger partial charge on any atom is -0.495 e. The highest BCUT2D eigenvalue weighted by molar-refractivity contribution is 6.46. The van der Waals surface area contributed by atoms with E-state index in [1.54, 1.807) is 18.2 Å². The van der Waals surface area contributed by atoms with Crippen molar-refractivity contribution in [2.75, 3.05) is 17.3 Å². The summed E-state index contributed by atoms with van der Waals surface area (Å²) in [6, 6.07) is 19.9. The third-order valence-electron chi connectivity index (χ3n) is 5.18. The van der Waals surface area contributed by atoms with Gasteiger partial charge in [0.25, 0.3) is 11.8 Å². The average molecular weight is 433 g/mol. The zero-order valence-electron chi connectivity index (χ0n) is 17.4. The van der Waals surface area contributed by atoms with Crippen LogP contribution in [-0.2, 0) is 9.59 Å². The van der Waals surface area contributed by atoms with E-state index in [0.29, 0.717) is 27.6 Å². The van der Waals surface area contributed by atoms with Crippen molar-refractivity contribution in [1.29, 1.82) is 0 Å². The van der Waals surface area contributed by atoms with Gasteiger partial charge in [-0.05, 0) is 49.2 Å². The van der Waals surface area contributed by atoms with E-state index in [2.05, 4.69) is 5.32 Å². The Bertz CT molecular complexity index is 1220. The molecule has 0 aliphatic carbocycles. The third-order valence-corrected chi connectivity index (χ3v) is 5.48. The van der Waals surface area contributed by atoms with Crippen molar-refractivity contribution in [3.8, 4) is 5.75 Å². The molecule has 4 rings (SSSR count). The molecule has 0 atom stereocenters. The molecular weight excluding hydrogens is 412 g/mol. The normalized spacial score (nSPS) is 13.7. The van der Waals surface area contributed by atoms with Gasteiger partial charge >= 0.3 is 0 Å². The SMILES string of the molecule is COc1ccc(N2C(=O)C(Nc3ccc(C)cc3C)=C(c3ccccc3)C2=O)cc1Cl. The number of amides is 2. The van der Waals surface area contributed by atoms with Crippen molar-refractivity contribution in [3.63, 3.8) is 0 Å². The lowest BCUT2D eigenvalue weighted by atomic mass is 10.0. The molecule has 1 N–H and O–H groups in total. The number of halogens is 1. The van der Waals surface area contributed by atoms with Gasteiger partial charge in [-0.25, -0.2) is 4.90 Å². The number of rotatable bonds is 5. The van der Waals surface area contributed by atoms with Gasteiger partial charge in [0.05, 0.1) is 23.4 Å². The van der Waals surface area contributed by atoms with E-state index in [0.717, 1.165) is 21.7 Å². The smallest absolute Gasteiger partial charge is 0.282 e. The molecule has 1 aliphatic heterocycles. The maximum absolute atomic E-state index is 13.5. The van der Waals surface area contributed by atoms with Crippen LogP contribution in [0.5, 0.6) is 5.75 Å². The number of carbonyl (C=O) groups excluding carboxylic acids is 2. The molecule has 1 heterocycles. The maximum atomic E-state index is 13.5. The van der Waals surface area contributed by atoms with Gasteiger partial charge in [0, 0.05) is 5.69 Å². The van der Waals surface area contributed by atoms with Crippen molar-refractivity contribution < 1.29 is 14.3 Å². The Kier molecular flexibility index (Phi) is 5.53. The fourth-order valence-electron chi connectivity index (χ4n) is 3.64. The van der Waals surface area contributed by atoms with Gasteiger partial charge in [-0.3, -0.25) is 9.59 Å². The minimum atomic E-state index is -0.440. The second-order valence-electron chi connectivity index (χ2n) is 7.32. The predicted molar refractivity (Wildman–Crippen MR) is 123 cm³/mol. The molecule has 31 heavy (non-hydrogen) atoms. The van der Waals surface area contributed by atoms with Crippen LogP contribution in [-0.4, -0.2) is 18.9 Å². The average Bonchev–Trinajstić information content (AvgIpc) is 3.00. The van der Waals surface area contributed by atoms with Crippen LogP contribution in [0.15, 0.2) is 72.4 Å². The fourth-order valence-corrected chi connectivity index (χ4v) is 3.89. The highest BCUT2D eigenvalue weighted by atomic mass is 35.5. The number of nitrogens with one attached hydrogen (secondary N) is 1. The molecule has 0 saturated carbocycles. The van der Waals surface area contributed by atoms with Gasteiger partial charge in [-0.1, -0.05) is 59.6 Å². The van der Waals surface area contributed by atoms with Gasteiger partial charge in [0.1, 0.15) is 11.4 Å². The topological polar surface area (TPSA) is 58.6 Å². The second kappa shape index (κ2) is 8.28. The Morgan fingerprint density at radius 2 is 1.65 bits per heavy atom. The summed E-state index contributed by atoms with van der Waals surface area (Å²) in [6.45, 7) is 3.96. The lowest BCUT2D eigenvalue weighted by Gasteiger charge is -2.17. The van der Waals surface area contributed by atoms with E-state index in [4.69, 9.17) is 16.3 Å². The maximum Gasteiger partial charge on any atom is 0.282 e. The number of ether oxygens (including phenoxy) is 1. The molecule has 156 valence electrons. The fraction of sp³-hybridized carbons (Fsp3) is 0.120. The van der Waals surface area contributed by atoms with Gasteiger partial charge in [0.15, 0.2) is 0 Å². The van der Waals surface area contributed by atoms with E-state index in [9.17, 15) is 9.59 Å². The summed E-state index contributed by atoms with van der Waals surface area (Å²) in [6.07, 6.45) is 0. The number of anilines is 2. The quantitative estimate of drug-likeness (QED) is 0.551. The number of carbonyl (C=O) groups is 2. The summed E-state index contributed by atoms with van der Waals surface area (Å²) >= 11 is 6.26. The Balaban J connectivity index is 1.82. The van der Waals surface area contributed by atoms with Crippen LogP contribution in [0.3, 0.4) is 0 Å². The molecule has 0 saturated heterocycles. The lowest BCUT2D eigenvalue weighted by molar-refractivity contribution is -0.120. The van der Waals surface area contributed by atoms with E-state index in [1.807, 2.05) is 62.4 Å². The zero-order valence-corrected chi connectivity index (χ0v) is 18.2. The number of hydrogen-bond acceptors (Lipinski definition) is 4. The Morgan fingerprint density at radius 3 is 2.29 bits per heavy atom. The van der Waals surface area contributed by atoms with E-state index >= 15 is 0 Å². The Hall–Kier alpha value is -3.57. The molecule has 5 nitrogen and oxygen atoms in total. The monoisotopic (exact) mass is 432 g/mol. The summed E-state index contributed by atoms with van der Waals surface area (Å²) in [5, 5.41) is 3.53. The summed E-state index contributed by atoms with van der Waals surface area (Å²) < 4.78 is 5.19. The molecule has 1 aliphatic rings. The molecular formula is C25H21ClN2O3. The first-order chi connectivity index (χ1) is 14.9. The largest absolute Gasteiger partial charge is 0.495 e. The highest BCUT2D eigenvalue weighted by Crippen LogP contribution is 2.37. The van der Waals surface area contributed by atoms with Crippen molar-refractivity contribution in [2.24, 2.45) is 0 Å². The van der Waals surface area contributed by atoms with Gasteiger partial charge in [0.2, 0.25) is 0 Å². The molecule has 0 unspecified atom stereocenters. The first-order valence-electron chi connectivity index (χ1n) is 9.77. The van der Waals surface area contributed by atoms with E-state index < -0.39 is 11.8 Å². The summed E-state index contributed by atoms with van der Waals surface area (Å²) in [7, 11) is 1.51. The third kappa shape index (κ3) is 3.80. The first kappa shape index (κ1) is 20.7. The number of methoxy groups -OCH3 is 1. The minimum absolute atomic E-state index is 0.232. The van der Waals surface area contributed by atoms with Crippen LogP contribution in [0.25, 0.3) is 5.57 Å². The van der Waals surface area contributed by atoms with Crippen LogP contribution in [0.1, 0.15) is 16.7 Å². The van der Waals surface area contributed by atoms with Gasteiger partial charge in [-0.15, -0.1) is 0 Å². The molecule has 0 spiro atoms. The van der Waals surface area contributed by atoms with Crippen LogP contribution in [0.2, 0.25) is 5.02 Å². The van der Waals surface area contributed by atoms with Crippen LogP contribution < -0.4 is 15.0 Å². The van der Waals surface area contributed by atoms with Gasteiger partial charge in [-0.2, -0.15) is 0 Å². The summed E-state index contributed by atoms with van der Waals surface area (Å²) in [4.78, 5) is 28.1. The first-order valence-corrected chi connectivity index (χ1v) is 10.1. The number of hydrogen-bond donors (Lipinski definition) is 1. The predicted octanol–water partition coefficient (Wildman–Crippen LogP) is 5.36. The second-order valence-corrected chi connectivity index (χ2v) is 7.73. The Morgan fingerprint density at radius 1 is 0.903 bits per heavy atom. The molecule has 3 aromatic carbocycles. The highest BCUT2D eigenvalue weighted by Gasteiger charge is 2.40. The standard InChI is InChI=1S/C25H21ClN2O3/c1-15-9-11-20(16(2)13-15)27-23-22(17-7-5-4-6-8-17)24(29)28(25(23)30)18-10-12-21(31-3)19(26)14-18/h4-14,27H,1-3H3. The molecule has 0 aromatic heterocycles. The number of benzene rings is 3. The van der Waals surface area contributed by atoms with Crippen LogP contribution in [0.4, 0.5) is 11.4 Å². The van der Waals surface area contributed by atoms with Crippen molar-refractivity contribution >= 4 is 40.4 Å². The zero-order chi connectivity index (χ0) is 22.1. The van der Waals surface area contributed by atoms with Crippen LogP contribution >= 0.6 is 11.6 Å². The van der Waals surface area contributed by atoms with Gasteiger partial charge < -0.3 is 10.1 Å². The van der Waals surface area contributed by atoms with Crippen molar-refractivity contribution in [2.45, 2.75) is 13.8 Å². The van der Waals surface area contributed by atoms with Crippen LogP contribution in [0, 0.1) is 13.8 Å². The molecule has 2 amide bonds. The van der Waals surface area contributed by atoms with E-state index in [-0.39, 0.29) is 5.70 Å². The molecule has 0 bridgehead atoms. The molecule has 0 fully saturated rings. The summed E-state index contributed by atoms with van der Waals surface area (Å²) in [5.74, 6) is -0.385. The molecule has 0 radical (unpaired) electrons. The number of imide groups is 1. The van der Waals surface area contributed by atoms with Crippen molar-refractivity contribution in [1.82, 2.24) is 0 Å². The molecule has 3 aromatic rings. The number of aryl methyl sites for hydroxylation is 2. The van der Waals surface area contributed by atoms with Crippen molar-refractivity contribution in [3.05, 3.63) is 94.1 Å². The Labute approximate surface area is 185 Å².